The minimum Gasteiger partial charge on any atom is -0.497 e. The van der Waals surface area contributed by atoms with Crippen LogP contribution in [0.15, 0.2) is 60.8 Å². The maximum atomic E-state index is 13.6. The van der Waals surface area contributed by atoms with Crippen LogP contribution in [0, 0.1) is 11.6 Å². The first-order chi connectivity index (χ1) is 15.9. The van der Waals surface area contributed by atoms with Crippen LogP contribution in [-0.2, 0) is 13.1 Å². The first-order valence-corrected chi connectivity index (χ1v) is 10.7. The molecule has 0 aliphatic carbocycles. The molecule has 2 aromatic heterocycles. The SMILES string of the molecule is COc1ccc2c(C(=O)NCc3ccc(F)c(F)c3)c(C(C)C)n(Cc3ccccn3)c2c1. The second-order valence-corrected chi connectivity index (χ2v) is 8.14. The van der Waals surface area contributed by atoms with Crippen molar-refractivity contribution in [2.45, 2.75) is 32.9 Å². The van der Waals surface area contributed by atoms with Crippen molar-refractivity contribution in [1.82, 2.24) is 14.9 Å². The van der Waals surface area contributed by atoms with Crippen LogP contribution in [-0.4, -0.2) is 22.6 Å². The van der Waals surface area contributed by atoms with E-state index in [0.29, 0.717) is 23.4 Å². The monoisotopic (exact) mass is 449 g/mol. The van der Waals surface area contributed by atoms with E-state index in [-0.39, 0.29) is 18.4 Å². The second-order valence-electron chi connectivity index (χ2n) is 8.14. The van der Waals surface area contributed by atoms with Crippen molar-refractivity contribution >= 4 is 16.8 Å². The Bertz CT molecular complexity index is 1300. The van der Waals surface area contributed by atoms with Crippen LogP contribution in [0.4, 0.5) is 8.78 Å². The van der Waals surface area contributed by atoms with Gasteiger partial charge in [-0.05, 0) is 47.9 Å². The van der Waals surface area contributed by atoms with Crippen LogP contribution in [0.25, 0.3) is 10.9 Å². The molecule has 0 saturated heterocycles. The molecule has 170 valence electrons. The Morgan fingerprint density at radius 1 is 1.09 bits per heavy atom. The number of pyridine rings is 1. The molecular weight excluding hydrogens is 424 g/mol. The fourth-order valence-corrected chi connectivity index (χ4v) is 4.06. The van der Waals surface area contributed by atoms with Crippen molar-refractivity contribution < 1.29 is 18.3 Å². The number of rotatable bonds is 7. The minimum absolute atomic E-state index is 0.0381. The molecule has 0 unspecified atom stereocenters. The first-order valence-electron chi connectivity index (χ1n) is 10.7. The summed E-state index contributed by atoms with van der Waals surface area (Å²) >= 11 is 0. The summed E-state index contributed by atoms with van der Waals surface area (Å²) in [5.74, 6) is -1.41. The van der Waals surface area contributed by atoms with E-state index in [9.17, 15) is 13.6 Å². The van der Waals surface area contributed by atoms with Gasteiger partial charge in [-0.3, -0.25) is 9.78 Å². The highest BCUT2D eigenvalue weighted by Crippen LogP contribution is 2.34. The molecule has 2 aromatic carbocycles. The van der Waals surface area contributed by atoms with E-state index < -0.39 is 11.6 Å². The minimum atomic E-state index is -0.941. The van der Waals surface area contributed by atoms with Gasteiger partial charge in [-0.1, -0.05) is 26.0 Å². The second kappa shape index (κ2) is 9.40. The third kappa shape index (κ3) is 4.58. The number of hydrogen-bond acceptors (Lipinski definition) is 3. The smallest absolute Gasteiger partial charge is 0.254 e. The summed E-state index contributed by atoms with van der Waals surface area (Å²) in [7, 11) is 1.60. The highest BCUT2D eigenvalue weighted by atomic mass is 19.2. The number of nitrogens with zero attached hydrogens (tertiary/aromatic N) is 2. The molecule has 7 heteroatoms. The van der Waals surface area contributed by atoms with Crippen LogP contribution in [0.2, 0.25) is 0 Å². The Hall–Kier alpha value is -3.74. The van der Waals surface area contributed by atoms with E-state index in [1.807, 2.05) is 50.2 Å². The average Bonchev–Trinajstić information content (AvgIpc) is 3.14. The quantitative estimate of drug-likeness (QED) is 0.410. The predicted molar refractivity (Wildman–Crippen MR) is 123 cm³/mol. The lowest BCUT2D eigenvalue weighted by Gasteiger charge is -2.15. The third-order valence-electron chi connectivity index (χ3n) is 5.57. The molecule has 0 radical (unpaired) electrons. The predicted octanol–water partition coefficient (Wildman–Crippen LogP) is 5.42. The van der Waals surface area contributed by atoms with Crippen LogP contribution in [0.1, 0.15) is 47.1 Å². The first kappa shape index (κ1) is 22.5. The Kier molecular flexibility index (Phi) is 6.40. The zero-order valence-corrected chi connectivity index (χ0v) is 18.7. The fourth-order valence-electron chi connectivity index (χ4n) is 4.06. The molecule has 4 rings (SSSR count). The maximum Gasteiger partial charge on any atom is 0.254 e. The lowest BCUT2D eigenvalue weighted by Crippen LogP contribution is -2.24. The largest absolute Gasteiger partial charge is 0.497 e. The average molecular weight is 450 g/mol. The van der Waals surface area contributed by atoms with E-state index in [4.69, 9.17) is 4.74 Å². The molecule has 1 amide bonds. The molecule has 0 saturated carbocycles. The van der Waals surface area contributed by atoms with Crippen molar-refractivity contribution in [2.24, 2.45) is 0 Å². The summed E-state index contributed by atoms with van der Waals surface area (Å²) in [6, 6.07) is 15.0. The molecule has 4 aromatic rings. The number of aromatic nitrogens is 2. The molecule has 0 bridgehead atoms. The fraction of sp³-hybridized carbons (Fsp3) is 0.231. The van der Waals surface area contributed by atoms with Gasteiger partial charge in [0.1, 0.15) is 5.75 Å². The van der Waals surface area contributed by atoms with E-state index in [1.165, 1.54) is 6.07 Å². The Labute approximate surface area is 191 Å². The Morgan fingerprint density at radius 3 is 2.58 bits per heavy atom. The molecule has 0 atom stereocenters. The lowest BCUT2D eigenvalue weighted by molar-refractivity contribution is 0.0951. The standard InChI is InChI=1S/C26H25F2N3O2/c1-16(2)25-24(26(32)30-14-17-7-10-21(27)22(28)12-17)20-9-8-19(33-3)13-23(20)31(25)15-18-6-4-5-11-29-18/h4-13,16H,14-15H2,1-3H3,(H,30,32). The molecule has 0 spiro atoms. The molecule has 33 heavy (non-hydrogen) atoms. The normalized spacial score (nSPS) is 11.2. The highest BCUT2D eigenvalue weighted by molar-refractivity contribution is 6.09. The zero-order valence-electron chi connectivity index (χ0n) is 18.7. The summed E-state index contributed by atoms with van der Waals surface area (Å²) in [5.41, 5.74) is 3.63. The summed E-state index contributed by atoms with van der Waals surface area (Å²) < 4.78 is 34.3. The molecular formula is C26H25F2N3O2. The third-order valence-corrected chi connectivity index (χ3v) is 5.57. The Balaban J connectivity index is 1.78. The summed E-state index contributed by atoms with van der Waals surface area (Å²) in [6.07, 6.45) is 1.74. The summed E-state index contributed by atoms with van der Waals surface area (Å²) in [6.45, 7) is 4.64. The number of methoxy groups -OCH3 is 1. The number of benzene rings is 2. The van der Waals surface area contributed by atoms with Crippen molar-refractivity contribution in [3.8, 4) is 5.75 Å². The van der Waals surface area contributed by atoms with Crippen molar-refractivity contribution in [2.75, 3.05) is 7.11 Å². The number of halogens is 2. The van der Waals surface area contributed by atoms with Crippen LogP contribution in [0.5, 0.6) is 5.75 Å². The highest BCUT2D eigenvalue weighted by Gasteiger charge is 2.25. The number of ether oxygens (including phenoxy) is 1. The zero-order chi connectivity index (χ0) is 23.5. The van der Waals surface area contributed by atoms with Gasteiger partial charge in [0, 0.05) is 29.9 Å². The number of nitrogens with one attached hydrogen (secondary N) is 1. The van der Waals surface area contributed by atoms with Crippen LogP contribution >= 0.6 is 0 Å². The molecule has 1 N–H and O–H groups in total. The van der Waals surface area contributed by atoms with Crippen LogP contribution < -0.4 is 10.1 Å². The van der Waals surface area contributed by atoms with Crippen LogP contribution in [0.3, 0.4) is 0 Å². The molecule has 0 aliphatic rings. The van der Waals surface area contributed by atoms with Gasteiger partial charge in [0.15, 0.2) is 11.6 Å². The van der Waals surface area contributed by atoms with Crippen molar-refractivity contribution in [1.29, 1.82) is 0 Å². The van der Waals surface area contributed by atoms with Gasteiger partial charge in [0.2, 0.25) is 0 Å². The summed E-state index contributed by atoms with van der Waals surface area (Å²) in [4.78, 5) is 17.8. The van der Waals surface area contributed by atoms with Crippen molar-refractivity contribution in [3.05, 3.63) is 94.9 Å². The molecule has 2 heterocycles. The molecule has 0 aliphatic heterocycles. The summed E-state index contributed by atoms with van der Waals surface area (Å²) in [5, 5.41) is 3.66. The topological polar surface area (TPSA) is 56.1 Å². The van der Waals surface area contributed by atoms with Gasteiger partial charge in [-0.25, -0.2) is 8.78 Å². The van der Waals surface area contributed by atoms with Gasteiger partial charge in [0.25, 0.3) is 5.91 Å². The Morgan fingerprint density at radius 2 is 1.91 bits per heavy atom. The maximum absolute atomic E-state index is 13.6. The van der Waals surface area contributed by atoms with E-state index in [2.05, 4.69) is 14.9 Å². The number of fused-ring (bicyclic) bond motifs is 1. The number of amides is 1. The van der Waals surface area contributed by atoms with E-state index in [1.54, 1.807) is 13.3 Å². The van der Waals surface area contributed by atoms with Gasteiger partial charge in [-0.2, -0.15) is 0 Å². The number of hydrogen-bond donors (Lipinski definition) is 1. The number of carbonyl (C=O) groups excluding carboxylic acids is 1. The van der Waals surface area contributed by atoms with Gasteiger partial charge >= 0.3 is 0 Å². The van der Waals surface area contributed by atoms with Gasteiger partial charge in [0.05, 0.1) is 30.4 Å². The molecule has 0 fully saturated rings. The van der Waals surface area contributed by atoms with Gasteiger partial charge < -0.3 is 14.6 Å². The lowest BCUT2D eigenvalue weighted by atomic mass is 10.0. The van der Waals surface area contributed by atoms with E-state index >= 15 is 0 Å². The number of carbonyl (C=O) groups is 1. The molecule has 5 nitrogen and oxygen atoms in total. The van der Waals surface area contributed by atoms with Crippen molar-refractivity contribution in [3.63, 3.8) is 0 Å². The van der Waals surface area contributed by atoms with Gasteiger partial charge in [-0.15, -0.1) is 0 Å². The van der Waals surface area contributed by atoms with E-state index in [0.717, 1.165) is 34.4 Å².